The highest BCUT2D eigenvalue weighted by Gasteiger charge is 2.35. The Morgan fingerprint density at radius 3 is 2.17 bits per heavy atom. The van der Waals surface area contributed by atoms with Gasteiger partial charge in [-0.2, -0.15) is 0 Å². The van der Waals surface area contributed by atoms with Crippen LogP contribution in [-0.2, 0) is 32.6 Å². The van der Waals surface area contributed by atoms with Gasteiger partial charge < -0.3 is 15.0 Å². The molecular formula is C37H39BrFN3O5S. The Balaban J connectivity index is 1.56. The Kier molecular flexibility index (Phi) is 11.9. The van der Waals surface area contributed by atoms with Crippen molar-refractivity contribution in [1.82, 2.24) is 10.2 Å². The fourth-order valence-electron chi connectivity index (χ4n) is 5.85. The van der Waals surface area contributed by atoms with Crippen molar-refractivity contribution in [3.8, 4) is 5.75 Å². The summed E-state index contributed by atoms with van der Waals surface area (Å²) in [6.07, 6.45) is 3.93. The Bertz CT molecular complexity index is 1770. The molecule has 252 valence electrons. The number of hydrogen-bond acceptors (Lipinski definition) is 5. The van der Waals surface area contributed by atoms with E-state index in [4.69, 9.17) is 4.74 Å². The van der Waals surface area contributed by atoms with Crippen molar-refractivity contribution in [3.05, 3.63) is 125 Å². The molecule has 1 N–H and O–H groups in total. The van der Waals surface area contributed by atoms with Crippen molar-refractivity contribution in [2.75, 3.05) is 17.5 Å². The maximum atomic E-state index is 14.6. The number of ether oxygens (including phenoxy) is 1. The molecule has 5 rings (SSSR count). The minimum atomic E-state index is -4.25. The summed E-state index contributed by atoms with van der Waals surface area (Å²) in [6, 6.07) is 26.8. The van der Waals surface area contributed by atoms with E-state index in [0.717, 1.165) is 35.6 Å². The predicted molar refractivity (Wildman–Crippen MR) is 188 cm³/mol. The van der Waals surface area contributed by atoms with Gasteiger partial charge in [0.1, 0.15) is 24.2 Å². The molecule has 1 saturated carbocycles. The van der Waals surface area contributed by atoms with Crippen LogP contribution in [-0.4, -0.2) is 50.4 Å². The molecule has 0 unspecified atom stereocenters. The first-order valence-corrected chi connectivity index (χ1v) is 18.3. The topological polar surface area (TPSA) is 96.0 Å². The summed E-state index contributed by atoms with van der Waals surface area (Å²) in [5.74, 6) is -0.780. The number of rotatable bonds is 14. The van der Waals surface area contributed by atoms with Crippen molar-refractivity contribution >= 4 is 43.5 Å². The first kappa shape index (κ1) is 35.1. The minimum Gasteiger partial charge on any atom is -0.494 e. The number of nitrogens with zero attached hydrogens (tertiary/aromatic N) is 2. The third-order valence-electron chi connectivity index (χ3n) is 8.36. The van der Waals surface area contributed by atoms with Gasteiger partial charge in [0.25, 0.3) is 10.0 Å². The third-order valence-corrected chi connectivity index (χ3v) is 10.7. The second-order valence-corrected chi connectivity index (χ2v) is 14.5. The summed E-state index contributed by atoms with van der Waals surface area (Å²) in [5.41, 5.74) is 1.69. The molecule has 4 aromatic carbocycles. The van der Waals surface area contributed by atoms with E-state index in [1.165, 1.54) is 29.2 Å². The van der Waals surface area contributed by atoms with E-state index in [2.05, 4.69) is 21.2 Å². The summed E-state index contributed by atoms with van der Waals surface area (Å²) in [4.78, 5) is 30.1. The van der Waals surface area contributed by atoms with E-state index in [1.807, 2.05) is 37.3 Å². The van der Waals surface area contributed by atoms with E-state index in [9.17, 15) is 22.4 Å². The van der Waals surface area contributed by atoms with Crippen LogP contribution in [0.25, 0.3) is 0 Å². The van der Waals surface area contributed by atoms with Gasteiger partial charge in [-0.05, 0) is 91.6 Å². The number of benzene rings is 4. The van der Waals surface area contributed by atoms with Crippen LogP contribution in [0.1, 0.15) is 43.7 Å². The summed E-state index contributed by atoms with van der Waals surface area (Å²) in [6.45, 7) is 1.66. The SMILES string of the molecule is CCOc1ccc(N(CC(=O)N(Cc2ccc(F)cc2)[C@@H](Cc2ccccc2)C(=O)NC2CCCC2)S(=O)(=O)c2ccc(Br)cc2)cc1. The number of anilines is 1. The van der Waals surface area contributed by atoms with Crippen LogP contribution in [0.5, 0.6) is 5.75 Å². The van der Waals surface area contributed by atoms with Crippen molar-refractivity contribution in [2.24, 2.45) is 0 Å². The lowest BCUT2D eigenvalue weighted by Crippen LogP contribution is -2.54. The van der Waals surface area contributed by atoms with Crippen molar-refractivity contribution < 1.29 is 27.1 Å². The Morgan fingerprint density at radius 1 is 0.896 bits per heavy atom. The van der Waals surface area contributed by atoms with E-state index in [-0.39, 0.29) is 35.5 Å². The van der Waals surface area contributed by atoms with Gasteiger partial charge in [-0.15, -0.1) is 0 Å². The number of carbonyl (C=O) groups excluding carboxylic acids is 2. The molecule has 0 aromatic heterocycles. The minimum absolute atomic E-state index is 0.00252. The van der Waals surface area contributed by atoms with Crippen LogP contribution in [0.15, 0.2) is 112 Å². The fourth-order valence-corrected chi connectivity index (χ4v) is 7.52. The maximum absolute atomic E-state index is 14.6. The van der Waals surface area contributed by atoms with Crippen molar-refractivity contribution in [3.63, 3.8) is 0 Å². The molecule has 4 aromatic rings. The van der Waals surface area contributed by atoms with Gasteiger partial charge in [0.2, 0.25) is 11.8 Å². The molecule has 1 atom stereocenters. The van der Waals surface area contributed by atoms with Crippen molar-refractivity contribution in [1.29, 1.82) is 0 Å². The quantitative estimate of drug-likeness (QED) is 0.152. The van der Waals surface area contributed by atoms with Crippen LogP contribution in [0.4, 0.5) is 10.1 Å². The number of halogens is 2. The number of nitrogens with one attached hydrogen (secondary N) is 1. The number of carbonyl (C=O) groups is 2. The van der Waals surface area contributed by atoms with Gasteiger partial charge in [0.15, 0.2) is 0 Å². The van der Waals surface area contributed by atoms with Gasteiger partial charge in [0.05, 0.1) is 17.2 Å². The Labute approximate surface area is 290 Å². The average Bonchev–Trinajstić information content (AvgIpc) is 3.60. The normalized spacial score (nSPS) is 13.9. The zero-order chi connectivity index (χ0) is 34.1. The maximum Gasteiger partial charge on any atom is 0.264 e. The highest BCUT2D eigenvalue weighted by atomic mass is 79.9. The van der Waals surface area contributed by atoms with Crippen LogP contribution in [0.3, 0.4) is 0 Å². The molecule has 0 aliphatic heterocycles. The zero-order valence-corrected chi connectivity index (χ0v) is 29.1. The van der Waals surface area contributed by atoms with Crippen LogP contribution >= 0.6 is 15.9 Å². The zero-order valence-electron chi connectivity index (χ0n) is 26.7. The van der Waals surface area contributed by atoms with E-state index in [0.29, 0.717) is 22.4 Å². The van der Waals surface area contributed by atoms with E-state index in [1.54, 1.807) is 48.5 Å². The Morgan fingerprint density at radius 2 is 1.54 bits per heavy atom. The summed E-state index contributed by atoms with van der Waals surface area (Å²) in [5, 5.41) is 3.15. The molecular weight excluding hydrogens is 697 g/mol. The lowest BCUT2D eigenvalue weighted by Gasteiger charge is -2.34. The van der Waals surface area contributed by atoms with Gasteiger partial charge in [-0.25, -0.2) is 12.8 Å². The molecule has 0 spiro atoms. The predicted octanol–water partition coefficient (Wildman–Crippen LogP) is 6.88. The van der Waals surface area contributed by atoms with Gasteiger partial charge in [0, 0.05) is 23.5 Å². The van der Waals surface area contributed by atoms with Crippen LogP contribution < -0.4 is 14.4 Å². The molecule has 48 heavy (non-hydrogen) atoms. The van der Waals surface area contributed by atoms with Gasteiger partial charge >= 0.3 is 0 Å². The second-order valence-electron chi connectivity index (χ2n) is 11.7. The molecule has 0 heterocycles. The molecule has 1 aliphatic rings. The first-order valence-electron chi connectivity index (χ1n) is 16.0. The molecule has 11 heteroatoms. The van der Waals surface area contributed by atoms with E-state index < -0.39 is 34.3 Å². The first-order chi connectivity index (χ1) is 23.1. The fraction of sp³-hybridized carbons (Fsp3) is 0.297. The molecule has 8 nitrogen and oxygen atoms in total. The van der Waals surface area contributed by atoms with Crippen LogP contribution in [0, 0.1) is 5.82 Å². The van der Waals surface area contributed by atoms with E-state index >= 15 is 0 Å². The number of hydrogen-bond donors (Lipinski definition) is 1. The smallest absolute Gasteiger partial charge is 0.264 e. The summed E-state index contributed by atoms with van der Waals surface area (Å²) in [7, 11) is -4.25. The average molecular weight is 737 g/mol. The molecule has 1 aliphatic carbocycles. The third kappa shape index (κ3) is 9.02. The second kappa shape index (κ2) is 16.3. The highest BCUT2D eigenvalue weighted by Crippen LogP contribution is 2.28. The lowest BCUT2D eigenvalue weighted by molar-refractivity contribution is -0.140. The van der Waals surface area contributed by atoms with Gasteiger partial charge in [-0.3, -0.25) is 13.9 Å². The lowest BCUT2D eigenvalue weighted by atomic mass is 10.0. The monoisotopic (exact) mass is 735 g/mol. The molecule has 2 amide bonds. The van der Waals surface area contributed by atoms with Crippen LogP contribution in [0.2, 0.25) is 0 Å². The number of amides is 2. The standard InChI is InChI=1S/C37H39BrFN3O5S/c1-2-47-33-20-18-32(19-21-33)42(48(45,46)34-22-14-29(38)15-23-34)26-36(43)41(25-28-12-16-30(39)17-13-28)35(24-27-8-4-3-5-9-27)37(44)40-31-10-6-7-11-31/h3-5,8-9,12-23,31,35H,2,6-7,10-11,24-26H2,1H3,(H,40,44)/t35-/m0/s1. The molecule has 0 saturated heterocycles. The summed E-state index contributed by atoms with van der Waals surface area (Å²) < 4.78 is 49.7. The largest absolute Gasteiger partial charge is 0.494 e. The molecule has 1 fully saturated rings. The molecule has 0 radical (unpaired) electrons. The highest BCUT2D eigenvalue weighted by molar-refractivity contribution is 9.10. The molecule has 0 bridgehead atoms. The summed E-state index contributed by atoms with van der Waals surface area (Å²) >= 11 is 3.36. The Hall–Kier alpha value is -4.22. The number of sulfonamides is 1. The van der Waals surface area contributed by atoms with Crippen molar-refractivity contribution in [2.45, 2.75) is 62.6 Å². The van der Waals surface area contributed by atoms with Gasteiger partial charge in [-0.1, -0.05) is 71.2 Å².